The van der Waals surface area contributed by atoms with Gasteiger partial charge in [0.2, 0.25) is 0 Å². The highest BCUT2D eigenvalue weighted by atomic mass is 35.5. The van der Waals surface area contributed by atoms with E-state index in [1.807, 2.05) is 18.2 Å². The van der Waals surface area contributed by atoms with Crippen molar-refractivity contribution in [2.24, 2.45) is 0 Å². The lowest BCUT2D eigenvalue weighted by Crippen LogP contribution is -2.22. The van der Waals surface area contributed by atoms with Crippen LogP contribution in [0.15, 0.2) is 29.6 Å². The molecule has 0 saturated heterocycles. The van der Waals surface area contributed by atoms with Crippen molar-refractivity contribution in [3.05, 3.63) is 51.2 Å². The van der Waals surface area contributed by atoms with Crippen LogP contribution in [0.2, 0.25) is 0 Å². The van der Waals surface area contributed by atoms with Crippen molar-refractivity contribution in [3.63, 3.8) is 0 Å². The Morgan fingerprint density at radius 1 is 1.40 bits per heavy atom. The smallest absolute Gasteiger partial charge is 0.251 e. The largest absolute Gasteiger partial charge is 0.384 e. The zero-order chi connectivity index (χ0) is 13.2. The van der Waals surface area contributed by atoms with Gasteiger partial charge in [0.15, 0.2) is 0 Å². The lowest BCUT2D eigenvalue weighted by molar-refractivity contribution is 0.0951. The van der Waals surface area contributed by atoms with Gasteiger partial charge in [-0.2, -0.15) is 0 Å². The van der Waals surface area contributed by atoms with E-state index in [2.05, 4.69) is 29.0 Å². The lowest BCUT2D eigenvalue weighted by Gasteiger charge is -2.06. The van der Waals surface area contributed by atoms with Crippen molar-refractivity contribution in [2.45, 2.75) is 19.9 Å². The van der Waals surface area contributed by atoms with Gasteiger partial charge in [0.1, 0.15) is 0 Å². The molecule has 106 valence electrons. The molecule has 0 atom stereocenters. The summed E-state index contributed by atoms with van der Waals surface area (Å²) < 4.78 is 0. The number of halogens is 1. The standard InChI is InChI=1S/C15H16N2OS.ClH/c1-10-5-7-19-14(10)9-17-15(18)12-2-3-13-11(8-12)4-6-16-13;/h2-3,5,7-8,16H,4,6,9H2,1H3,(H,17,18);1H. The number of benzene rings is 1. The first kappa shape index (κ1) is 14.9. The molecule has 0 aliphatic carbocycles. The highest BCUT2D eigenvalue weighted by Gasteiger charge is 2.13. The summed E-state index contributed by atoms with van der Waals surface area (Å²) >= 11 is 1.68. The second-order valence-electron chi connectivity index (χ2n) is 4.76. The fourth-order valence-electron chi connectivity index (χ4n) is 2.29. The summed E-state index contributed by atoms with van der Waals surface area (Å²) in [6.07, 6.45) is 1.00. The Morgan fingerprint density at radius 2 is 2.25 bits per heavy atom. The second-order valence-corrected chi connectivity index (χ2v) is 5.76. The molecule has 1 aliphatic rings. The quantitative estimate of drug-likeness (QED) is 0.912. The molecule has 1 aromatic carbocycles. The van der Waals surface area contributed by atoms with E-state index in [1.165, 1.54) is 16.0 Å². The molecule has 1 aliphatic heterocycles. The normalized spacial score (nSPS) is 12.2. The number of amides is 1. The number of aryl methyl sites for hydroxylation is 1. The Morgan fingerprint density at radius 3 is 3.00 bits per heavy atom. The van der Waals surface area contributed by atoms with Gasteiger partial charge in [-0.3, -0.25) is 4.79 Å². The van der Waals surface area contributed by atoms with Crippen LogP contribution in [0.25, 0.3) is 0 Å². The fourth-order valence-corrected chi connectivity index (χ4v) is 3.14. The number of fused-ring (bicyclic) bond motifs is 1. The average molecular weight is 309 g/mol. The highest BCUT2D eigenvalue weighted by molar-refractivity contribution is 7.10. The van der Waals surface area contributed by atoms with Gasteiger partial charge in [0, 0.05) is 22.7 Å². The highest BCUT2D eigenvalue weighted by Crippen LogP contribution is 2.23. The maximum Gasteiger partial charge on any atom is 0.251 e. The minimum atomic E-state index is 0. The molecular formula is C15H17ClN2OS. The van der Waals surface area contributed by atoms with E-state index in [-0.39, 0.29) is 18.3 Å². The molecule has 20 heavy (non-hydrogen) atoms. The third-order valence-electron chi connectivity index (χ3n) is 3.45. The van der Waals surface area contributed by atoms with Crippen LogP contribution in [0.1, 0.15) is 26.4 Å². The maximum absolute atomic E-state index is 12.1. The summed E-state index contributed by atoms with van der Waals surface area (Å²) in [5.41, 5.74) is 4.38. The topological polar surface area (TPSA) is 41.1 Å². The number of hydrogen-bond acceptors (Lipinski definition) is 3. The van der Waals surface area contributed by atoms with Gasteiger partial charge in [-0.15, -0.1) is 23.7 Å². The van der Waals surface area contributed by atoms with Gasteiger partial charge in [-0.05, 0) is 54.1 Å². The van der Waals surface area contributed by atoms with Gasteiger partial charge >= 0.3 is 0 Å². The summed E-state index contributed by atoms with van der Waals surface area (Å²) in [4.78, 5) is 13.3. The summed E-state index contributed by atoms with van der Waals surface area (Å²) in [6, 6.07) is 7.95. The van der Waals surface area contributed by atoms with Gasteiger partial charge < -0.3 is 10.6 Å². The second kappa shape index (κ2) is 6.29. The van der Waals surface area contributed by atoms with E-state index < -0.39 is 0 Å². The molecular weight excluding hydrogens is 292 g/mol. The molecule has 0 saturated carbocycles. The number of carbonyl (C=O) groups is 1. The molecule has 2 N–H and O–H groups in total. The van der Waals surface area contributed by atoms with Crippen molar-refractivity contribution in [1.82, 2.24) is 5.32 Å². The summed E-state index contributed by atoms with van der Waals surface area (Å²) in [5, 5.41) is 8.34. The van der Waals surface area contributed by atoms with Crippen LogP contribution in [0.3, 0.4) is 0 Å². The molecule has 5 heteroatoms. The van der Waals surface area contributed by atoms with E-state index >= 15 is 0 Å². The molecule has 2 aromatic rings. The van der Waals surface area contributed by atoms with Crippen LogP contribution in [-0.2, 0) is 13.0 Å². The van der Waals surface area contributed by atoms with Crippen LogP contribution in [-0.4, -0.2) is 12.5 Å². The van der Waals surface area contributed by atoms with E-state index in [4.69, 9.17) is 0 Å². The van der Waals surface area contributed by atoms with Gasteiger partial charge in [-0.25, -0.2) is 0 Å². The van der Waals surface area contributed by atoms with E-state index in [9.17, 15) is 4.79 Å². The molecule has 2 heterocycles. The van der Waals surface area contributed by atoms with E-state index in [0.29, 0.717) is 6.54 Å². The van der Waals surface area contributed by atoms with Crippen LogP contribution >= 0.6 is 23.7 Å². The average Bonchev–Trinajstić information content (AvgIpc) is 3.03. The molecule has 1 aromatic heterocycles. The number of hydrogen-bond donors (Lipinski definition) is 2. The maximum atomic E-state index is 12.1. The number of rotatable bonds is 3. The molecule has 0 bridgehead atoms. The van der Waals surface area contributed by atoms with Crippen LogP contribution in [0.5, 0.6) is 0 Å². The minimum absolute atomic E-state index is 0. The summed E-state index contributed by atoms with van der Waals surface area (Å²) in [7, 11) is 0. The lowest BCUT2D eigenvalue weighted by atomic mass is 10.1. The fraction of sp³-hybridized carbons (Fsp3) is 0.267. The Labute approximate surface area is 128 Å². The van der Waals surface area contributed by atoms with Crippen molar-refractivity contribution >= 4 is 35.3 Å². The van der Waals surface area contributed by atoms with Crippen LogP contribution in [0.4, 0.5) is 5.69 Å². The Hall–Kier alpha value is -1.52. The summed E-state index contributed by atoms with van der Waals surface area (Å²) in [5.74, 6) is 0.00231. The Bertz CT molecular complexity index is 624. The molecule has 0 spiro atoms. The SMILES string of the molecule is Cc1ccsc1CNC(=O)c1ccc2c(c1)CCN2.Cl. The Balaban J connectivity index is 0.00000147. The zero-order valence-corrected chi connectivity index (χ0v) is 12.9. The Kier molecular flexibility index (Phi) is 4.68. The van der Waals surface area contributed by atoms with Crippen molar-refractivity contribution in [1.29, 1.82) is 0 Å². The first-order valence-corrected chi connectivity index (χ1v) is 7.30. The van der Waals surface area contributed by atoms with Crippen LogP contribution < -0.4 is 10.6 Å². The first-order valence-electron chi connectivity index (χ1n) is 6.42. The van der Waals surface area contributed by atoms with Crippen molar-refractivity contribution < 1.29 is 4.79 Å². The third kappa shape index (κ3) is 2.97. The number of anilines is 1. The van der Waals surface area contributed by atoms with Crippen molar-refractivity contribution in [3.8, 4) is 0 Å². The van der Waals surface area contributed by atoms with Gasteiger partial charge in [0.05, 0.1) is 6.54 Å². The predicted octanol–water partition coefficient (Wildman–Crippen LogP) is 3.38. The number of carbonyl (C=O) groups excluding carboxylic acids is 1. The molecule has 0 unspecified atom stereocenters. The van der Waals surface area contributed by atoms with E-state index in [1.54, 1.807) is 11.3 Å². The first-order chi connectivity index (χ1) is 9.24. The molecule has 3 nitrogen and oxygen atoms in total. The third-order valence-corrected chi connectivity index (χ3v) is 4.48. The van der Waals surface area contributed by atoms with Gasteiger partial charge in [-0.1, -0.05) is 0 Å². The summed E-state index contributed by atoms with van der Waals surface area (Å²) in [6.45, 7) is 3.64. The number of thiophene rings is 1. The zero-order valence-electron chi connectivity index (χ0n) is 11.2. The molecule has 1 amide bonds. The van der Waals surface area contributed by atoms with Crippen molar-refractivity contribution in [2.75, 3.05) is 11.9 Å². The van der Waals surface area contributed by atoms with Gasteiger partial charge in [0.25, 0.3) is 5.91 Å². The monoisotopic (exact) mass is 308 g/mol. The molecule has 0 radical (unpaired) electrons. The van der Waals surface area contributed by atoms with Crippen LogP contribution in [0, 0.1) is 6.92 Å². The predicted molar refractivity (Wildman–Crippen MR) is 86.1 cm³/mol. The molecule has 3 rings (SSSR count). The minimum Gasteiger partial charge on any atom is -0.384 e. The van der Waals surface area contributed by atoms with E-state index in [0.717, 1.165) is 24.2 Å². The number of nitrogens with one attached hydrogen (secondary N) is 2. The molecule has 0 fully saturated rings.